The fourth-order valence-electron chi connectivity index (χ4n) is 2.84. The number of benzene rings is 1. The Hall–Kier alpha value is -3.00. The minimum absolute atomic E-state index is 0. The predicted octanol–water partition coefficient (Wildman–Crippen LogP) is -0.977. The summed E-state index contributed by atoms with van der Waals surface area (Å²) in [6.07, 6.45) is 3.67. The first-order valence-electron chi connectivity index (χ1n) is 8.21. The first-order chi connectivity index (χ1) is 12.7. The van der Waals surface area contributed by atoms with Crippen molar-refractivity contribution in [3.8, 4) is 11.4 Å². The topological polar surface area (TPSA) is 81.4 Å². The number of ether oxygens (including phenoxy) is 2. The molecule has 1 aliphatic rings. The Labute approximate surface area is 165 Å². The first-order valence-corrected chi connectivity index (χ1v) is 8.21. The number of esters is 1. The molecule has 138 valence electrons. The highest BCUT2D eigenvalue weighted by molar-refractivity contribution is 6.00. The second-order valence-corrected chi connectivity index (χ2v) is 5.74. The number of rotatable bonds is 3. The lowest BCUT2D eigenvalue weighted by atomic mass is 10.1. The number of carbonyl (C=O) groups excluding carboxylic acids is 2. The summed E-state index contributed by atoms with van der Waals surface area (Å²) in [7, 11) is 0. The van der Waals surface area contributed by atoms with Gasteiger partial charge >= 0.3 is 5.97 Å². The van der Waals surface area contributed by atoms with E-state index >= 15 is 0 Å². The Bertz CT molecular complexity index is 1020. The van der Waals surface area contributed by atoms with Crippen LogP contribution in [-0.4, -0.2) is 30.1 Å². The zero-order chi connectivity index (χ0) is 18.1. The maximum atomic E-state index is 12.4. The number of nitrogens with one attached hydrogen (secondary N) is 1. The molecule has 1 aliphatic heterocycles. The van der Waals surface area contributed by atoms with E-state index in [2.05, 4.69) is 10.3 Å². The zero-order valence-corrected chi connectivity index (χ0v) is 16.0. The van der Waals surface area contributed by atoms with E-state index in [9.17, 15) is 9.59 Å². The third-order valence-electron chi connectivity index (χ3n) is 3.99. The molecule has 0 bridgehead atoms. The van der Waals surface area contributed by atoms with Gasteiger partial charge in [0, 0.05) is 23.6 Å². The number of fused-ring (bicyclic) bond motifs is 2. The average molecular weight is 430 g/mol. The molecule has 0 saturated carbocycles. The number of anilines is 1. The summed E-state index contributed by atoms with van der Waals surface area (Å²) in [5, 5.41) is 3.54. The lowest BCUT2D eigenvalue weighted by Gasteiger charge is -2.18. The van der Waals surface area contributed by atoms with Crippen molar-refractivity contribution >= 4 is 28.5 Å². The summed E-state index contributed by atoms with van der Waals surface area (Å²) in [4.78, 5) is 28.5. The number of hydrogen-bond acceptors (Lipinski definition) is 5. The van der Waals surface area contributed by atoms with E-state index in [0.29, 0.717) is 22.6 Å². The van der Waals surface area contributed by atoms with Gasteiger partial charge < -0.3 is 31.8 Å². The van der Waals surface area contributed by atoms with E-state index in [1.54, 1.807) is 23.6 Å². The second kappa shape index (κ2) is 7.71. The van der Waals surface area contributed by atoms with Crippen LogP contribution in [0.2, 0.25) is 0 Å². The van der Waals surface area contributed by atoms with E-state index in [-0.39, 0.29) is 41.8 Å². The van der Waals surface area contributed by atoms with Crippen LogP contribution in [0.4, 0.5) is 5.69 Å². The number of aromatic nitrogens is 2. The highest BCUT2D eigenvalue weighted by Crippen LogP contribution is 2.32. The van der Waals surface area contributed by atoms with Gasteiger partial charge in [-0.15, -0.1) is 0 Å². The first kappa shape index (κ1) is 18.8. The van der Waals surface area contributed by atoms with E-state index in [0.717, 1.165) is 5.39 Å². The standard InChI is InChI=1S/C19H15N3O4.BrH/c1-2-25-19(24)18-15(22-6-4-3-5-7-22)8-12-9-16-14(10-13(12)21-18)20-17(23)11-26-16;/h3-10H,2,11H2,1H3;1H. The summed E-state index contributed by atoms with van der Waals surface area (Å²) < 4.78 is 12.4. The monoisotopic (exact) mass is 429 g/mol. The third kappa shape index (κ3) is 3.61. The maximum absolute atomic E-state index is 12.4. The SMILES string of the molecule is CCOC(=O)c1nc2cc3c(cc2cc1-[n+]1ccccc1)OCC(=O)N3.[Br-]. The van der Waals surface area contributed by atoms with Gasteiger partial charge in [0.2, 0.25) is 11.4 Å². The molecule has 8 heteroatoms. The van der Waals surface area contributed by atoms with Crippen molar-refractivity contribution in [1.29, 1.82) is 0 Å². The minimum Gasteiger partial charge on any atom is -1.00 e. The molecule has 3 aromatic rings. The van der Waals surface area contributed by atoms with Crippen molar-refractivity contribution in [1.82, 2.24) is 4.98 Å². The molecule has 4 rings (SSSR count). The third-order valence-corrected chi connectivity index (χ3v) is 3.99. The van der Waals surface area contributed by atoms with Crippen LogP contribution in [-0.2, 0) is 9.53 Å². The molecule has 0 saturated heterocycles. The fraction of sp³-hybridized carbons (Fsp3) is 0.158. The van der Waals surface area contributed by atoms with E-state index in [4.69, 9.17) is 9.47 Å². The highest BCUT2D eigenvalue weighted by atomic mass is 79.9. The summed E-state index contributed by atoms with van der Waals surface area (Å²) in [5.74, 6) is -0.149. The Balaban J connectivity index is 0.00000210. The van der Waals surface area contributed by atoms with E-state index < -0.39 is 5.97 Å². The van der Waals surface area contributed by atoms with Crippen LogP contribution in [0.25, 0.3) is 16.6 Å². The molecule has 0 aliphatic carbocycles. The summed E-state index contributed by atoms with van der Waals surface area (Å²) in [5.41, 5.74) is 1.92. The molecule has 0 unspecified atom stereocenters. The quantitative estimate of drug-likeness (QED) is 0.427. The van der Waals surface area contributed by atoms with E-state index in [1.165, 1.54) is 0 Å². The number of halogens is 1. The van der Waals surface area contributed by atoms with Gasteiger partial charge in [-0.2, -0.15) is 4.57 Å². The van der Waals surface area contributed by atoms with Crippen molar-refractivity contribution in [3.63, 3.8) is 0 Å². The number of hydrogen-bond donors (Lipinski definition) is 1. The number of nitrogens with zero attached hydrogens (tertiary/aromatic N) is 2. The molecule has 2 aromatic heterocycles. The molecule has 1 aromatic carbocycles. The molecule has 1 amide bonds. The van der Waals surface area contributed by atoms with Gasteiger partial charge in [-0.25, -0.2) is 9.78 Å². The van der Waals surface area contributed by atoms with Crippen LogP contribution in [0.1, 0.15) is 17.4 Å². The van der Waals surface area contributed by atoms with Crippen LogP contribution in [0, 0.1) is 0 Å². The maximum Gasteiger partial charge on any atom is 0.363 e. The van der Waals surface area contributed by atoms with Gasteiger partial charge in [-0.05, 0) is 19.1 Å². The molecule has 0 radical (unpaired) electrons. The van der Waals surface area contributed by atoms with Crippen LogP contribution in [0.5, 0.6) is 5.75 Å². The van der Waals surface area contributed by atoms with Gasteiger partial charge in [0.05, 0.1) is 17.8 Å². The summed E-state index contributed by atoms with van der Waals surface area (Å²) in [6.45, 7) is 1.98. The van der Waals surface area contributed by atoms with Crippen molar-refractivity contribution in [2.45, 2.75) is 6.92 Å². The number of amides is 1. The van der Waals surface area contributed by atoms with Gasteiger partial charge in [0.15, 0.2) is 19.0 Å². The van der Waals surface area contributed by atoms with Crippen LogP contribution in [0.15, 0.2) is 48.8 Å². The Morgan fingerprint density at radius 1 is 1.26 bits per heavy atom. The second-order valence-electron chi connectivity index (χ2n) is 5.74. The van der Waals surface area contributed by atoms with Crippen molar-refractivity contribution < 1.29 is 40.6 Å². The minimum atomic E-state index is -0.501. The van der Waals surface area contributed by atoms with Gasteiger partial charge in [0.1, 0.15) is 5.75 Å². The smallest absolute Gasteiger partial charge is 0.363 e. The molecule has 3 heterocycles. The van der Waals surface area contributed by atoms with Crippen molar-refractivity contribution in [2.24, 2.45) is 0 Å². The van der Waals surface area contributed by atoms with Crippen LogP contribution < -0.4 is 31.6 Å². The molecule has 0 atom stereocenters. The molecule has 27 heavy (non-hydrogen) atoms. The van der Waals surface area contributed by atoms with Crippen molar-refractivity contribution in [2.75, 3.05) is 18.5 Å². The molecular formula is C19H16BrN3O4. The summed E-state index contributed by atoms with van der Waals surface area (Å²) in [6, 6.07) is 11.0. The fourth-order valence-corrected chi connectivity index (χ4v) is 2.84. The highest BCUT2D eigenvalue weighted by Gasteiger charge is 2.25. The van der Waals surface area contributed by atoms with Gasteiger partial charge in [-0.1, -0.05) is 6.07 Å². The average Bonchev–Trinajstić information content (AvgIpc) is 2.66. The Morgan fingerprint density at radius 2 is 2.04 bits per heavy atom. The van der Waals surface area contributed by atoms with Gasteiger partial charge in [0.25, 0.3) is 5.91 Å². The Morgan fingerprint density at radius 3 is 2.78 bits per heavy atom. The molecule has 7 nitrogen and oxygen atoms in total. The Kier molecular flexibility index (Phi) is 5.36. The van der Waals surface area contributed by atoms with Gasteiger partial charge in [-0.3, -0.25) is 4.79 Å². The molecule has 0 fully saturated rings. The van der Waals surface area contributed by atoms with E-state index in [1.807, 2.05) is 36.7 Å². The molecule has 1 N–H and O–H groups in total. The molecule has 0 spiro atoms. The largest absolute Gasteiger partial charge is 1.00 e. The van der Waals surface area contributed by atoms with Crippen LogP contribution >= 0.6 is 0 Å². The number of carbonyl (C=O) groups is 2. The zero-order valence-electron chi connectivity index (χ0n) is 14.4. The predicted molar refractivity (Wildman–Crippen MR) is 93.4 cm³/mol. The molecular weight excluding hydrogens is 414 g/mol. The number of pyridine rings is 2. The van der Waals surface area contributed by atoms with Crippen molar-refractivity contribution in [3.05, 3.63) is 54.5 Å². The normalized spacial score (nSPS) is 12.4. The lowest BCUT2D eigenvalue weighted by Crippen LogP contribution is -3.00. The van der Waals surface area contributed by atoms with Crippen LogP contribution in [0.3, 0.4) is 0 Å². The summed E-state index contributed by atoms with van der Waals surface area (Å²) >= 11 is 0. The lowest BCUT2D eigenvalue weighted by molar-refractivity contribution is -0.596.